The minimum atomic E-state index is -0.403. The van der Waals surface area contributed by atoms with Gasteiger partial charge in [-0.3, -0.25) is 14.6 Å². The molecule has 1 aliphatic carbocycles. The molecule has 1 heterocycles. The van der Waals surface area contributed by atoms with Crippen LogP contribution in [-0.4, -0.2) is 36.0 Å². The predicted molar refractivity (Wildman–Crippen MR) is 107 cm³/mol. The van der Waals surface area contributed by atoms with Crippen LogP contribution in [0.1, 0.15) is 31.2 Å². The van der Waals surface area contributed by atoms with Gasteiger partial charge in [-0.15, -0.1) is 0 Å². The second-order valence-corrected chi connectivity index (χ2v) is 7.26. The molecule has 154 valence electrons. The van der Waals surface area contributed by atoms with Crippen LogP contribution in [0.2, 0.25) is 0 Å². The Morgan fingerprint density at radius 1 is 1.10 bits per heavy atom. The maximum atomic E-state index is 13.1. The molecule has 0 spiro atoms. The number of rotatable bonds is 8. The molecule has 0 atom stereocenters. The summed E-state index contributed by atoms with van der Waals surface area (Å²) in [6, 6.07) is 9.63. The second-order valence-electron chi connectivity index (χ2n) is 7.26. The average Bonchev–Trinajstić information content (AvgIpc) is 2.73. The Labute approximate surface area is 169 Å². The van der Waals surface area contributed by atoms with E-state index in [1.54, 1.807) is 18.5 Å². The van der Waals surface area contributed by atoms with Gasteiger partial charge >= 0.3 is 0 Å². The molecule has 0 radical (unpaired) electrons. The quantitative estimate of drug-likeness (QED) is 0.715. The van der Waals surface area contributed by atoms with Gasteiger partial charge in [0.2, 0.25) is 5.91 Å². The van der Waals surface area contributed by atoms with Gasteiger partial charge < -0.3 is 15.4 Å². The van der Waals surface area contributed by atoms with E-state index in [1.807, 2.05) is 12.1 Å². The molecule has 2 aromatic rings. The molecule has 0 unspecified atom stereocenters. The fourth-order valence-corrected chi connectivity index (χ4v) is 3.50. The van der Waals surface area contributed by atoms with Crippen LogP contribution < -0.4 is 15.4 Å². The lowest BCUT2D eigenvalue weighted by Crippen LogP contribution is -2.42. The average molecular weight is 399 g/mol. The van der Waals surface area contributed by atoms with Gasteiger partial charge in [0.15, 0.2) is 6.61 Å². The van der Waals surface area contributed by atoms with Gasteiger partial charge in [-0.1, -0.05) is 6.07 Å². The molecule has 0 bridgehead atoms. The number of ether oxygens (including phenoxy) is 1. The lowest BCUT2D eigenvalue weighted by atomic mass is 9.85. The Morgan fingerprint density at radius 2 is 1.86 bits per heavy atom. The van der Waals surface area contributed by atoms with Crippen LogP contribution in [0.15, 0.2) is 48.8 Å². The first-order chi connectivity index (χ1) is 14.1. The maximum Gasteiger partial charge on any atom is 0.258 e. The molecule has 1 aliphatic rings. The Kier molecular flexibility index (Phi) is 7.55. The SMILES string of the molecule is O=C(COc1cccc(F)c1)NC1CCC(C(=O)NCCc2ccncc2)CC1. The van der Waals surface area contributed by atoms with Crippen molar-refractivity contribution in [1.29, 1.82) is 0 Å². The second kappa shape index (κ2) is 10.5. The number of amides is 2. The summed E-state index contributed by atoms with van der Waals surface area (Å²) in [7, 11) is 0. The summed E-state index contributed by atoms with van der Waals surface area (Å²) in [4.78, 5) is 28.4. The van der Waals surface area contributed by atoms with Crippen LogP contribution in [0, 0.1) is 11.7 Å². The smallest absolute Gasteiger partial charge is 0.258 e. The molecule has 2 N–H and O–H groups in total. The number of nitrogens with one attached hydrogen (secondary N) is 2. The molecule has 1 aromatic heterocycles. The molecule has 0 saturated heterocycles. The predicted octanol–water partition coefficient (Wildman–Crippen LogP) is 2.63. The monoisotopic (exact) mass is 399 g/mol. The first kappa shape index (κ1) is 20.8. The largest absolute Gasteiger partial charge is 0.484 e. The molecule has 3 rings (SSSR count). The van der Waals surface area contributed by atoms with E-state index in [9.17, 15) is 14.0 Å². The molecule has 29 heavy (non-hydrogen) atoms. The van der Waals surface area contributed by atoms with Gasteiger partial charge in [-0.2, -0.15) is 0 Å². The number of carbonyl (C=O) groups excluding carboxylic acids is 2. The highest BCUT2D eigenvalue weighted by atomic mass is 19.1. The zero-order valence-corrected chi connectivity index (χ0v) is 16.3. The van der Waals surface area contributed by atoms with Crippen LogP contribution in [0.5, 0.6) is 5.75 Å². The standard InChI is InChI=1S/C22H26FN3O3/c23-18-2-1-3-20(14-18)29-15-21(27)26-19-6-4-17(5-7-19)22(28)25-13-10-16-8-11-24-12-9-16/h1-3,8-9,11-12,14,17,19H,4-7,10,13,15H2,(H,25,28)(H,26,27). The summed E-state index contributed by atoms with van der Waals surface area (Å²) in [5, 5.41) is 5.93. The fraction of sp³-hybridized carbons (Fsp3) is 0.409. The van der Waals surface area contributed by atoms with Crippen molar-refractivity contribution in [2.45, 2.75) is 38.1 Å². The lowest BCUT2D eigenvalue weighted by Gasteiger charge is -2.28. The minimum Gasteiger partial charge on any atom is -0.484 e. The Hall–Kier alpha value is -2.96. The van der Waals surface area contributed by atoms with E-state index in [0.29, 0.717) is 12.3 Å². The lowest BCUT2D eigenvalue weighted by molar-refractivity contribution is -0.126. The van der Waals surface area contributed by atoms with Gasteiger partial charge in [0, 0.05) is 37.0 Å². The molecule has 7 heteroatoms. The van der Waals surface area contributed by atoms with E-state index in [0.717, 1.165) is 37.7 Å². The van der Waals surface area contributed by atoms with Gasteiger partial charge in [0.1, 0.15) is 11.6 Å². The first-order valence-corrected chi connectivity index (χ1v) is 9.94. The third-order valence-corrected chi connectivity index (χ3v) is 5.09. The molecule has 1 aromatic carbocycles. The van der Waals surface area contributed by atoms with Gasteiger partial charge in [0.25, 0.3) is 5.91 Å². The number of halogens is 1. The van der Waals surface area contributed by atoms with Crippen LogP contribution in [0.25, 0.3) is 0 Å². The normalized spacial score (nSPS) is 18.7. The van der Waals surface area contributed by atoms with Crippen molar-refractivity contribution in [3.8, 4) is 5.75 Å². The molecule has 1 fully saturated rings. The van der Waals surface area contributed by atoms with Gasteiger partial charge in [-0.25, -0.2) is 4.39 Å². The van der Waals surface area contributed by atoms with Crippen molar-refractivity contribution in [2.24, 2.45) is 5.92 Å². The molecule has 0 aliphatic heterocycles. The fourth-order valence-electron chi connectivity index (χ4n) is 3.50. The number of aromatic nitrogens is 1. The van der Waals surface area contributed by atoms with E-state index in [1.165, 1.54) is 18.2 Å². The number of benzene rings is 1. The van der Waals surface area contributed by atoms with Crippen LogP contribution >= 0.6 is 0 Å². The molecular formula is C22H26FN3O3. The third kappa shape index (κ3) is 6.85. The number of pyridine rings is 1. The summed E-state index contributed by atoms with van der Waals surface area (Å²) in [5.41, 5.74) is 1.15. The van der Waals surface area contributed by atoms with E-state index in [2.05, 4.69) is 15.6 Å². The summed E-state index contributed by atoms with van der Waals surface area (Å²) < 4.78 is 18.4. The highest BCUT2D eigenvalue weighted by Crippen LogP contribution is 2.24. The Bertz CT molecular complexity index is 808. The first-order valence-electron chi connectivity index (χ1n) is 9.94. The highest BCUT2D eigenvalue weighted by molar-refractivity contribution is 5.79. The van der Waals surface area contributed by atoms with Crippen molar-refractivity contribution in [3.63, 3.8) is 0 Å². The summed E-state index contributed by atoms with van der Waals surface area (Å²) >= 11 is 0. The van der Waals surface area contributed by atoms with Crippen molar-refractivity contribution in [2.75, 3.05) is 13.2 Å². The molecule has 2 amide bonds. The number of carbonyl (C=O) groups is 2. The van der Waals surface area contributed by atoms with Gasteiger partial charge in [0.05, 0.1) is 0 Å². The van der Waals surface area contributed by atoms with Crippen molar-refractivity contribution in [3.05, 3.63) is 60.2 Å². The number of hydrogen-bond donors (Lipinski definition) is 2. The van der Waals surface area contributed by atoms with Crippen molar-refractivity contribution < 1.29 is 18.7 Å². The summed E-state index contributed by atoms with van der Waals surface area (Å²) in [5.74, 6) is -0.241. The van der Waals surface area contributed by atoms with Crippen LogP contribution in [0.3, 0.4) is 0 Å². The van der Waals surface area contributed by atoms with E-state index in [-0.39, 0.29) is 30.4 Å². The number of hydrogen-bond acceptors (Lipinski definition) is 4. The van der Waals surface area contributed by atoms with Crippen LogP contribution in [0.4, 0.5) is 4.39 Å². The minimum absolute atomic E-state index is 0.0101. The molecule has 6 nitrogen and oxygen atoms in total. The van der Waals surface area contributed by atoms with E-state index in [4.69, 9.17) is 4.74 Å². The van der Waals surface area contributed by atoms with Crippen molar-refractivity contribution >= 4 is 11.8 Å². The topological polar surface area (TPSA) is 80.3 Å². The van der Waals surface area contributed by atoms with E-state index < -0.39 is 5.82 Å². The molecular weight excluding hydrogens is 373 g/mol. The highest BCUT2D eigenvalue weighted by Gasteiger charge is 2.26. The summed E-state index contributed by atoms with van der Waals surface area (Å²) in [6.07, 6.45) is 7.28. The third-order valence-electron chi connectivity index (χ3n) is 5.09. The molecule has 1 saturated carbocycles. The van der Waals surface area contributed by atoms with Crippen molar-refractivity contribution in [1.82, 2.24) is 15.6 Å². The zero-order valence-electron chi connectivity index (χ0n) is 16.3. The van der Waals surface area contributed by atoms with Crippen LogP contribution in [-0.2, 0) is 16.0 Å². The summed E-state index contributed by atoms with van der Waals surface area (Å²) in [6.45, 7) is 0.454. The Balaban J connectivity index is 1.32. The van der Waals surface area contributed by atoms with Gasteiger partial charge in [-0.05, 0) is 61.9 Å². The maximum absolute atomic E-state index is 13.1. The van der Waals surface area contributed by atoms with E-state index >= 15 is 0 Å². The number of nitrogens with zero attached hydrogens (tertiary/aromatic N) is 1. The Morgan fingerprint density at radius 3 is 2.59 bits per heavy atom. The zero-order chi connectivity index (χ0) is 20.5.